The first-order valence-electron chi connectivity index (χ1n) is 5.99. The van der Waals surface area contributed by atoms with Crippen LogP contribution in [0.2, 0.25) is 0 Å². The van der Waals surface area contributed by atoms with Crippen LogP contribution in [0, 0.1) is 0 Å². The van der Waals surface area contributed by atoms with Gasteiger partial charge in [0.2, 0.25) is 0 Å². The number of ether oxygens (including phenoxy) is 1. The molecule has 0 fully saturated rings. The van der Waals surface area contributed by atoms with Crippen molar-refractivity contribution < 1.29 is 9.53 Å². The SMILES string of the molecule is CCOC(=O)c1cc(N)ccc1NCCN(C)C. The van der Waals surface area contributed by atoms with Gasteiger partial charge in [0, 0.05) is 24.5 Å². The molecule has 5 nitrogen and oxygen atoms in total. The molecule has 100 valence electrons. The molecule has 1 aromatic carbocycles. The van der Waals surface area contributed by atoms with Crippen LogP contribution in [0.3, 0.4) is 0 Å². The van der Waals surface area contributed by atoms with Gasteiger partial charge in [0.15, 0.2) is 0 Å². The van der Waals surface area contributed by atoms with Gasteiger partial charge in [-0.3, -0.25) is 0 Å². The molecule has 0 unspecified atom stereocenters. The van der Waals surface area contributed by atoms with E-state index in [1.165, 1.54) is 0 Å². The van der Waals surface area contributed by atoms with E-state index in [0.29, 0.717) is 17.9 Å². The number of nitrogens with two attached hydrogens (primary N) is 1. The minimum absolute atomic E-state index is 0.350. The summed E-state index contributed by atoms with van der Waals surface area (Å²) in [5, 5.41) is 3.21. The summed E-state index contributed by atoms with van der Waals surface area (Å²) in [5.41, 5.74) is 7.48. The molecule has 0 aliphatic rings. The fourth-order valence-electron chi connectivity index (χ4n) is 1.51. The fraction of sp³-hybridized carbons (Fsp3) is 0.462. The number of anilines is 2. The highest BCUT2D eigenvalue weighted by Crippen LogP contribution is 2.19. The first-order chi connectivity index (χ1) is 8.54. The number of nitrogens with one attached hydrogen (secondary N) is 1. The molecule has 0 spiro atoms. The average Bonchev–Trinajstić information content (AvgIpc) is 2.31. The summed E-state index contributed by atoms with van der Waals surface area (Å²) in [4.78, 5) is 13.9. The Balaban J connectivity index is 2.79. The second-order valence-corrected chi connectivity index (χ2v) is 4.26. The van der Waals surface area contributed by atoms with Crippen molar-refractivity contribution in [1.29, 1.82) is 0 Å². The predicted octanol–water partition coefficient (Wildman–Crippen LogP) is 1.42. The maximum atomic E-state index is 11.8. The number of hydrogen-bond donors (Lipinski definition) is 2. The monoisotopic (exact) mass is 251 g/mol. The summed E-state index contributed by atoms with van der Waals surface area (Å²) in [5.74, 6) is -0.350. The van der Waals surface area contributed by atoms with Crippen molar-refractivity contribution >= 4 is 17.3 Å². The first kappa shape index (κ1) is 14.3. The zero-order chi connectivity index (χ0) is 13.5. The molecule has 5 heteroatoms. The second-order valence-electron chi connectivity index (χ2n) is 4.26. The van der Waals surface area contributed by atoms with Gasteiger partial charge in [-0.1, -0.05) is 0 Å². The number of benzene rings is 1. The molecule has 3 N–H and O–H groups in total. The lowest BCUT2D eigenvalue weighted by Gasteiger charge is -2.14. The van der Waals surface area contributed by atoms with Crippen molar-refractivity contribution in [2.24, 2.45) is 0 Å². The number of carbonyl (C=O) groups excluding carboxylic acids is 1. The molecule has 0 bridgehead atoms. The van der Waals surface area contributed by atoms with Crippen LogP contribution in [0.1, 0.15) is 17.3 Å². The summed E-state index contributed by atoms with van der Waals surface area (Å²) in [6, 6.07) is 5.20. The third-order valence-electron chi connectivity index (χ3n) is 2.41. The van der Waals surface area contributed by atoms with Crippen LogP contribution in [0.25, 0.3) is 0 Å². The first-order valence-corrected chi connectivity index (χ1v) is 5.99. The molecule has 0 amide bonds. The maximum Gasteiger partial charge on any atom is 0.340 e. The van der Waals surface area contributed by atoms with E-state index >= 15 is 0 Å². The highest BCUT2D eigenvalue weighted by molar-refractivity contribution is 5.96. The average molecular weight is 251 g/mol. The Labute approximate surface area is 108 Å². The van der Waals surface area contributed by atoms with Crippen molar-refractivity contribution in [3.8, 4) is 0 Å². The van der Waals surface area contributed by atoms with E-state index in [4.69, 9.17) is 10.5 Å². The molecule has 0 saturated carbocycles. The molecule has 0 radical (unpaired) electrons. The van der Waals surface area contributed by atoms with E-state index < -0.39 is 0 Å². The minimum Gasteiger partial charge on any atom is -0.462 e. The van der Waals surface area contributed by atoms with Crippen LogP contribution in [-0.2, 0) is 4.74 Å². The van der Waals surface area contributed by atoms with Gasteiger partial charge in [-0.05, 0) is 39.2 Å². The van der Waals surface area contributed by atoms with Crippen LogP contribution >= 0.6 is 0 Å². The number of esters is 1. The number of nitrogen functional groups attached to an aromatic ring is 1. The van der Waals surface area contributed by atoms with E-state index in [0.717, 1.165) is 18.8 Å². The Hall–Kier alpha value is -1.75. The minimum atomic E-state index is -0.350. The van der Waals surface area contributed by atoms with Gasteiger partial charge in [0.25, 0.3) is 0 Å². The Morgan fingerprint density at radius 1 is 1.44 bits per heavy atom. The number of nitrogens with zero attached hydrogens (tertiary/aromatic N) is 1. The van der Waals surface area contributed by atoms with E-state index in [-0.39, 0.29) is 5.97 Å². The standard InChI is InChI=1S/C13H21N3O2/c1-4-18-13(17)11-9-10(14)5-6-12(11)15-7-8-16(2)3/h5-6,9,15H,4,7-8,14H2,1-3H3. The molecule has 1 rings (SSSR count). The van der Waals surface area contributed by atoms with Gasteiger partial charge < -0.3 is 20.7 Å². The number of carbonyl (C=O) groups is 1. The lowest BCUT2D eigenvalue weighted by Crippen LogP contribution is -2.21. The molecule has 0 aromatic heterocycles. The summed E-state index contributed by atoms with van der Waals surface area (Å²) < 4.78 is 5.01. The van der Waals surface area contributed by atoms with Gasteiger partial charge in [0.05, 0.1) is 12.2 Å². The van der Waals surface area contributed by atoms with Gasteiger partial charge in [-0.2, -0.15) is 0 Å². The third-order valence-corrected chi connectivity index (χ3v) is 2.41. The molecule has 0 heterocycles. The van der Waals surface area contributed by atoms with Crippen LogP contribution in [0.5, 0.6) is 0 Å². The molecule has 0 atom stereocenters. The quantitative estimate of drug-likeness (QED) is 0.591. The lowest BCUT2D eigenvalue weighted by atomic mass is 10.1. The van der Waals surface area contributed by atoms with Crippen molar-refractivity contribution in [3.63, 3.8) is 0 Å². The normalized spacial score (nSPS) is 10.4. The van der Waals surface area contributed by atoms with Crippen molar-refractivity contribution in [3.05, 3.63) is 23.8 Å². The molecule has 1 aromatic rings. The van der Waals surface area contributed by atoms with Crippen molar-refractivity contribution in [2.75, 3.05) is 44.8 Å². The van der Waals surface area contributed by atoms with Crippen molar-refractivity contribution in [2.45, 2.75) is 6.92 Å². The van der Waals surface area contributed by atoms with Crippen molar-refractivity contribution in [1.82, 2.24) is 4.90 Å². The number of rotatable bonds is 6. The molecule has 18 heavy (non-hydrogen) atoms. The Morgan fingerprint density at radius 3 is 2.78 bits per heavy atom. The Bertz CT molecular complexity index is 405. The summed E-state index contributed by atoms with van der Waals surface area (Å²) in [6.45, 7) is 3.77. The second kappa shape index (κ2) is 6.86. The van der Waals surface area contributed by atoms with Gasteiger partial charge in [-0.25, -0.2) is 4.79 Å². The van der Waals surface area contributed by atoms with Gasteiger partial charge >= 0.3 is 5.97 Å². The molecule has 0 aliphatic carbocycles. The zero-order valence-electron chi connectivity index (χ0n) is 11.2. The van der Waals surface area contributed by atoms with Gasteiger partial charge in [-0.15, -0.1) is 0 Å². The highest BCUT2D eigenvalue weighted by atomic mass is 16.5. The van der Waals surface area contributed by atoms with Crippen LogP contribution < -0.4 is 11.1 Å². The molecule has 0 saturated heterocycles. The lowest BCUT2D eigenvalue weighted by molar-refractivity contribution is 0.0527. The molecular weight excluding hydrogens is 230 g/mol. The van der Waals surface area contributed by atoms with Crippen LogP contribution in [0.4, 0.5) is 11.4 Å². The van der Waals surface area contributed by atoms with E-state index in [1.54, 1.807) is 25.1 Å². The highest BCUT2D eigenvalue weighted by Gasteiger charge is 2.12. The Kier molecular flexibility index (Phi) is 5.45. The summed E-state index contributed by atoms with van der Waals surface area (Å²) in [7, 11) is 3.99. The third kappa shape index (κ3) is 4.25. The zero-order valence-corrected chi connectivity index (χ0v) is 11.2. The maximum absolute atomic E-state index is 11.8. The largest absolute Gasteiger partial charge is 0.462 e. The van der Waals surface area contributed by atoms with E-state index in [9.17, 15) is 4.79 Å². The fourth-order valence-corrected chi connectivity index (χ4v) is 1.51. The van der Waals surface area contributed by atoms with Crippen LogP contribution in [0.15, 0.2) is 18.2 Å². The predicted molar refractivity (Wildman–Crippen MR) is 73.9 cm³/mol. The smallest absolute Gasteiger partial charge is 0.340 e. The summed E-state index contributed by atoms with van der Waals surface area (Å²) in [6.07, 6.45) is 0. The van der Waals surface area contributed by atoms with Gasteiger partial charge in [0.1, 0.15) is 0 Å². The topological polar surface area (TPSA) is 67.6 Å². The summed E-state index contributed by atoms with van der Waals surface area (Å²) >= 11 is 0. The molecule has 0 aliphatic heterocycles. The number of likely N-dealkylation sites (N-methyl/N-ethyl adjacent to an activating group) is 1. The van der Waals surface area contributed by atoms with E-state index in [2.05, 4.69) is 10.2 Å². The molecular formula is C13H21N3O2. The number of hydrogen-bond acceptors (Lipinski definition) is 5. The Morgan fingerprint density at radius 2 is 2.17 bits per heavy atom. The van der Waals surface area contributed by atoms with Crippen LogP contribution in [-0.4, -0.2) is 44.7 Å². The van der Waals surface area contributed by atoms with E-state index in [1.807, 2.05) is 14.1 Å².